The second kappa shape index (κ2) is 6.09. The maximum Gasteiger partial charge on any atom is 0.325 e. The van der Waals surface area contributed by atoms with Crippen LogP contribution >= 0.6 is 0 Å². The van der Waals surface area contributed by atoms with Crippen LogP contribution in [0.1, 0.15) is 32.3 Å². The average Bonchev–Trinajstić information content (AvgIpc) is 3.33. The molecule has 25 heavy (non-hydrogen) atoms. The van der Waals surface area contributed by atoms with Gasteiger partial charge in [0, 0.05) is 6.04 Å². The lowest BCUT2D eigenvalue weighted by Gasteiger charge is -2.23. The van der Waals surface area contributed by atoms with Crippen molar-refractivity contribution in [2.75, 3.05) is 6.54 Å². The van der Waals surface area contributed by atoms with E-state index in [4.69, 9.17) is 0 Å². The predicted molar refractivity (Wildman–Crippen MR) is 84.3 cm³/mol. The van der Waals surface area contributed by atoms with Crippen LogP contribution in [0.25, 0.3) is 0 Å². The molecule has 0 unspecified atom stereocenters. The third-order valence-electron chi connectivity index (χ3n) is 4.76. The minimum absolute atomic E-state index is 0.0383. The number of benzene rings is 1. The first kappa shape index (κ1) is 17.3. The molecule has 0 radical (unpaired) electrons. The van der Waals surface area contributed by atoms with Gasteiger partial charge in [0.25, 0.3) is 5.91 Å². The summed E-state index contributed by atoms with van der Waals surface area (Å²) in [5.74, 6) is -2.81. The number of carbonyl (C=O) groups is 3. The lowest BCUT2D eigenvalue weighted by molar-refractivity contribution is -0.135. The van der Waals surface area contributed by atoms with Gasteiger partial charge in [0.05, 0.1) is 5.56 Å². The summed E-state index contributed by atoms with van der Waals surface area (Å²) in [7, 11) is 0. The highest BCUT2D eigenvalue weighted by atomic mass is 19.1. The van der Waals surface area contributed by atoms with Gasteiger partial charge in [-0.1, -0.05) is 6.07 Å². The molecule has 3 rings (SSSR count). The third kappa shape index (κ3) is 3.08. The molecule has 1 aliphatic heterocycles. The standard InChI is InChI=1S/C17H19F2N3O3/c1-9(10-6-7-10)20-13(23)8-22-15(24)17(2,21-16(22)25)14-11(18)4-3-5-12(14)19/h3-5,9-10H,6-8H2,1-2H3,(H,20,23)(H,21,25)/t9-,17-/m0/s1. The molecular weight excluding hydrogens is 332 g/mol. The van der Waals surface area contributed by atoms with Crippen molar-refractivity contribution in [2.45, 2.75) is 38.3 Å². The third-order valence-corrected chi connectivity index (χ3v) is 4.76. The number of imide groups is 1. The van der Waals surface area contributed by atoms with Gasteiger partial charge in [-0.2, -0.15) is 0 Å². The molecule has 8 heteroatoms. The fraction of sp³-hybridized carbons (Fsp3) is 0.471. The molecule has 2 fully saturated rings. The van der Waals surface area contributed by atoms with E-state index in [1.54, 1.807) is 0 Å². The Labute approximate surface area is 143 Å². The van der Waals surface area contributed by atoms with E-state index in [1.807, 2.05) is 6.92 Å². The zero-order valence-corrected chi connectivity index (χ0v) is 13.9. The Hall–Kier alpha value is -2.51. The molecule has 2 atom stereocenters. The monoisotopic (exact) mass is 351 g/mol. The number of hydrogen-bond donors (Lipinski definition) is 2. The van der Waals surface area contributed by atoms with Gasteiger partial charge in [-0.3, -0.25) is 14.5 Å². The zero-order chi connectivity index (χ0) is 18.4. The Morgan fingerprint density at radius 1 is 1.36 bits per heavy atom. The number of nitrogens with one attached hydrogen (secondary N) is 2. The van der Waals surface area contributed by atoms with E-state index in [0.717, 1.165) is 25.0 Å². The highest BCUT2D eigenvalue weighted by molar-refractivity contribution is 6.09. The highest BCUT2D eigenvalue weighted by Crippen LogP contribution is 2.33. The maximum absolute atomic E-state index is 14.1. The van der Waals surface area contributed by atoms with Crippen molar-refractivity contribution in [1.29, 1.82) is 0 Å². The van der Waals surface area contributed by atoms with Crippen molar-refractivity contribution >= 4 is 17.8 Å². The molecule has 1 aromatic rings. The highest BCUT2D eigenvalue weighted by Gasteiger charge is 2.52. The fourth-order valence-electron chi connectivity index (χ4n) is 3.14. The summed E-state index contributed by atoms with van der Waals surface area (Å²) in [6.45, 7) is 2.59. The molecule has 0 aromatic heterocycles. The smallest absolute Gasteiger partial charge is 0.325 e. The Morgan fingerprint density at radius 3 is 2.52 bits per heavy atom. The van der Waals surface area contributed by atoms with Crippen LogP contribution in [0, 0.1) is 17.6 Å². The molecule has 4 amide bonds. The van der Waals surface area contributed by atoms with Crippen molar-refractivity contribution in [3.05, 3.63) is 35.4 Å². The molecule has 134 valence electrons. The number of nitrogens with zero attached hydrogens (tertiary/aromatic N) is 1. The van der Waals surface area contributed by atoms with Crippen LogP contribution in [0.5, 0.6) is 0 Å². The fourth-order valence-corrected chi connectivity index (χ4v) is 3.14. The minimum Gasteiger partial charge on any atom is -0.352 e. The summed E-state index contributed by atoms with van der Waals surface area (Å²) in [6.07, 6.45) is 2.07. The van der Waals surface area contributed by atoms with Crippen LogP contribution in [0.15, 0.2) is 18.2 Å². The summed E-state index contributed by atoms with van der Waals surface area (Å²) in [6, 6.07) is 2.29. The van der Waals surface area contributed by atoms with Gasteiger partial charge in [0.2, 0.25) is 5.91 Å². The van der Waals surface area contributed by atoms with E-state index in [0.29, 0.717) is 10.8 Å². The summed E-state index contributed by atoms with van der Waals surface area (Å²) in [5.41, 5.74) is -2.43. The number of amides is 4. The van der Waals surface area contributed by atoms with Crippen molar-refractivity contribution in [3.8, 4) is 0 Å². The van der Waals surface area contributed by atoms with E-state index >= 15 is 0 Å². The topological polar surface area (TPSA) is 78.5 Å². The largest absolute Gasteiger partial charge is 0.352 e. The summed E-state index contributed by atoms with van der Waals surface area (Å²) >= 11 is 0. The Morgan fingerprint density at radius 2 is 1.96 bits per heavy atom. The molecule has 0 spiro atoms. The maximum atomic E-state index is 14.1. The predicted octanol–water partition coefficient (Wildman–Crippen LogP) is 1.65. The number of rotatable bonds is 5. The first-order chi connectivity index (χ1) is 11.7. The van der Waals surface area contributed by atoms with Gasteiger partial charge in [-0.15, -0.1) is 0 Å². The first-order valence-electron chi connectivity index (χ1n) is 8.12. The van der Waals surface area contributed by atoms with E-state index in [9.17, 15) is 23.2 Å². The van der Waals surface area contributed by atoms with Crippen LogP contribution in [0.2, 0.25) is 0 Å². The van der Waals surface area contributed by atoms with Crippen LogP contribution in [0.4, 0.5) is 13.6 Å². The molecule has 2 N–H and O–H groups in total. The van der Waals surface area contributed by atoms with Crippen molar-refractivity contribution in [3.63, 3.8) is 0 Å². The normalized spacial score (nSPS) is 24.2. The van der Waals surface area contributed by atoms with E-state index < -0.39 is 47.1 Å². The SMILES string of the molecule is C[C@H](NC(=O)CN1C(=O)N[C@@](C)(c2c(F)cccc2F)C1=O)C1CC1. The lowest BCUT2D eigenvalue weighted by Crippen LogP contribution is -2.45. The van der Waals surface area contributed by atoms with Gasteiger partial charge < -0.3 is 10.6 Å². The molecule has 1 heterocycles. The molecule has 1 aromatic carbocycles. The Kier molecular flexibility index (Phi) is 4.22. The number of halogens is 2. The Bertz CT molecular complexity index is 730. The minimum atomic E-state index is -1.89. The average molecular weight is 351 g/mol. The second-order valence-corrected chi connectivity index (χ2v) is 6.74. The first-order valence-corrected chi connectivity index (χ1v) is 8.12. The quantitative estimate of drug-likeness (QED) is 0.792. The number of urea groups is 1. The molecule has 0 bridgehead atoms. The van der Waals surface area contributed by atoms with Crippen LogP contribution in [-0.4, -0.2) is 35.3 Å². The van der Waals surface area contributed by atoms with Gasteiger partial charge in [0.15, 0.2) is 0 Å². The molecule has 2 aliphatic rings. The van der Waals surface area contributed by atoms with Crippen LogP contribution in [-0.2, 0) is 15.1 Å². The van der Waals surface area contributed by atoms with E-state index in [1.165, 1.54) is 13.0 Å². The van der Waals surface area contributed by atoms with Crippen molar-refractivity contribution in [2.24, 2.45) is 5.92 Å². The molecule has 6 nitrogen and oxygen atoms in total. The van der Waals surface area contributed by atoms with Gasteiger partial charge in [-0.05, 0) is 44.7 Å². The van der Waals surface area contributed by atoms with Crippen molar-refractivity contribution in [1.82, 2.24) is 15.5 Å². The summed E-state index contributed by atoms with van der Waals surface area (Å²) in [5, 5.41) is 5.04. The second-order valence-electron chi connectivity index (χ2n) is 6.74. The molecule has 1 saturated carbocycles. The van der Waals surface area contributed by atoms with Gasteiger partial charge in [0.1, 0.15) is 23.7 Å². The molecule has 1 saturated heterocycles. The Balaban J connectivity index is 1.78. The number of carbonyl (C=O) groups excluding carboxylic acids is 3. The summed E-state index contributed by atoms with van der Waals surface area (Å²) in [4.78, 5) is 37.5. The van der Waals surface area contributed by atoms with Gasteiger partial charge >= 0.3 is 6.03 Å². The number of hydrogen-bond acceptors (Lipinski definition) is 3. The zero-order valence-electron chi connectivity index (χ0n) is 13.9. The van der Waals surface area contributed by atoms with Crippen LogP contribution < -0.4 is 10.6 Å². The van der Waals surface area contributed by atoms with Crippen molar-refractivity contribution < 1.29 is 23.2 Å². The van der Waals surface area contributed by atoms with E-state index in [-0.39, 0.29) is 6.04 Å². The molecular formula is C17H19F2N3O3. The summed E-state index contributed by atoms with van der Waals surface area (Å²) < 4.78 is 28.1. The molecule has 1 aliphatic carbocycles. The van der Waals surface area contributed by atoms with E-state index in [2.05, 4.69) is 10.6 Å². The lowest BCUT2D eigenvalue weighted by atomic mass is 9.91. The van der Waals surface area contributed by atoms with Crippen LogP contribution in [0.3, 0.4) is 0 Å². The van der Waals surface area contributed by atoms with Gasteiger partial charge in [-0.25, -0.2) is 13.6 Å².